The lowest BCUT2D eigenvalue weighted by molar-refractivity contribution is -0.122. The van der Waals surface area contributed by atoms with Crippen LogP contribution in [-0.2, 0) is 11.4 Å². The number of hydrogen-bond acceptors (Lipinski definition) is 7. The number of amidine groups is 1. The molecule has 38 heavy (non-hydrogen) atoms. The van der Waals surface area contributed by atoms with Crippen molar-refractivity contribution in [1.29, 1.82) is 0 Å². The second-order valence-electron chi connectivity index (χ2n) is 8.91. The number of carbonyl (C=O) groups is 1. The molecule has 5 rings (SSSR count). The van der Waals surface area contributed by atoms with E-state index in [-0.39, 0.29) is 12.7 Å². The largest absolute Gasteiger partial charge is 0.490 e. The lowest BCUT2D eigenvalue weighted by Crippen LogP contribution is -2.28. The summed E-state index contributed by atoms with van der Waals surface area (Å²) >= 11 is 1.39. The van der Waals surface area contributed by atoms with Crippen LogP contribution in [0.2, 0.25) is 0 Å². The second kappa shape index (κ2) is 11.2. The molecule has 0 spiro atoms. The Hall–Kier alpha value is -3.91. The fourth-order valence-electron chi connectivity index (χ4n) is 4.29. The van der Waals surface area contributed by atoms with Crippen molar-refractivity contribution >= 4 is 34.6 Å². The smallest absolute Gasteiger partial charge is 0.266 e. The molecule has 0 atom stereocenters. The molecular formula is C30H30N2O5S. The molecule has 196 valence electrons. The number of amides is 1. The Bertz CT molecular complexity index is 1410. The number of rotatable bonds is 8. The van der Waals surface area contributed by atoms with E-state index in [4.69, 9.17) is 23.9 Å². The van der Waals surface area contributed by atoms with Gasteiger partial charge in [-0.05, 0) is 92.1 Å². The molecule has 8 heteroatoms. The zero-order valence-corrected chi connectivity index (χ0v) is 22.8. The highest BCUT2D eigenvalue weighted by Gasteiger charge is 2.32. The molecule has 1 amide bonds. The zero-order valence-electron chi connectivity index (χ0n) is 21.9. The zero-order chi connectivity index (χ0) is 26.6. The molecule has 1 fully saturated rings. The Labute approximate surface area is 227 Å². The normalized spacial score (nSPS) is 16.5. The third-order valence-corrected chi connectivity index (χ3v) is 7.25. The van der Waals surface area contributed by atoms with Crippen LogP contribution in [0, 0.1) is 13.8 Å². The van der Waals surface area contributed by atoms with Gasteiger partial charge in [-0.2, -0.15) is 0 Å². The molecule has 0 radical (unpaired) electrons. The number of thioether (sulfide) groups is 1. The third kappa shape index (κ3) is 5.36. The number of para-hydroxylation sites is 1. The molecular weight excluding hydrogens is 500 g/mol. The molecule has 0 aliphatic carbocycles. The van der Waals surface area contributed by atoms with Gasteiger partial charge in [-0.15, -0.1) is 0 Å². The molecule has 3 aromatic carbocycles. The number of aliphatic imine (C=N–C) groups is 1. The third-order valence-electron chi connectivity index (χ3n) is 6.25. The predicted octanol–water partition coefficient (Wildman–Crippen LogP) is 6.63. The minimum atomic E-state index is -0.0522. The Balaban J connectivity index is 1.37. The highest BCUT2D eigenvalue weighted by atomic mass is 32.2. The Morgan fingerprint density at radius 3 is 2.53 bits per heavy atom. The molecule has 2 heterocycles. The summed E-state index contributed by atoms with van der Waals surface area (Å²) in [6, 6.07) is 17.5. The van der Waals surface area contributed by atoms with E-state index in [1.807, 2.05) is 88.4 Å². The maximum Gasteiger partial charge on any atom is 0.266 e. The molecule has 0 saturated carbocycles. The summed E-state index contributed by atoms with van der Waals surface area (Å²) < 4.78 is 22.8. The number of hydrogen-bond donors (Lipinski definition) is 0. The first kappa shape index (κ1) is 25.7. The molecule has 3 aromatic rings. The molecule has 7 nitrogen and oxygen atoms in total. The van der Waals surface area contributed by atoms with Crippen LogP contribution in [0.1, 0.15) is 36.1 Å². The first-order valence-corrected chi connectivity index (χ1v) is 13.4. The predicted molar refractivity (Wildman–Crippen MR) is 150 cm³/mol. The van der Waals surface area contributed by atoms with Gasteiger partial charge in [0.1, 0.15) is 6.61 Å². The van der Waals surface area contributed by atoms with Gasteiger partial charge < -0.3 is 18.9 Å². The van der Waals surface area contributed by atoms with Crippen molar-refractivity contribution in [2.45, 2.75) is 34.3 Å². The number of nitrogens with zero attached hydrogens (tertiary/aromatic N) is 2. The van der Waals surface area contributed by atoms with Gasteiger partial charge in [0.15, 0.2) is 28.2 Å². The molecule has 0 bridgehead atoms. The van der Waals surface area contributed by atoms with Gasteiger partial charge in [0.2, 0.25) is 6.79 Å². The Morgan fingerprint density at radius 1 is 0.974 bits per heavy atom. The SMILES string of the molecule is CCOc1cc(/C=C2/SC(=Nc3c(C)cccc3C)N(CC)C2=O)ccc1OCc1ccc2c(c1)OCO2. The molecule has 0 unspecified atom stereocenters. The van der Waals surface area contributed by atoms with Crippen molar-refractivity contribution in [1.82, 2.24) is 4.90 Å². The number of ether oxygens (including phenoxy) is 4. The van der Waals surface area contributed by atoms with Crippen LogP contribution in [0.5, 0.6) is 23.0 Å². The number of likely N-dealkylation sites (N-methyl/N-ethyl adjacent to an activating group) is 1. The second-order valence-corrected chi connectivity index (χ2v) is 9.92. The molecule has 2 aliphatic rings. The standard InChI is InChI=1S/C30H30N2O5S/c1-5-32-29(33)27(38-30(32)31-28-19(3)8-7-9-20(28)4)16-21-10-12-23(25(14-21)34-6-2)35-17-22-11-13-24-26(15-22)37-18-36-24/h7-16H,5-6,17-18H2,1-4H3/b27-16+,31-30?. The fourth-order valence-corrected chi connectivity index (χ4v) is 5.34. The minimum Gasteiger partial charge on any atom is -0.490 e. The average molecular weight is 531 g/mol. The van der Waals surface area contributed by atoms with Gasteiger partial charge in [-0.3, -0.25) is 9.69 Å². The van der Waals surface area contributed by atoms with Gasteiger partial charge in [-0.1, -0.05) is 30.3 Å². The quantitative estimate of drug-likeness (QED) is 0.304. The minimum absolute atomic E-state index is 0.0522. The highest BCUT2D eigenvalue weighted by molar-refractivity contribution is 8.18. The number of benzene rings is 3. The van der Waals surface area contributed by atoms with Gasteiger partial charge in [0.05, 0.1) is 17.2 Å². The van der Waals surface area contributed by atoms with Crippen LogP contribution in [-0.4, -0.2) is 35.9 Å². The fraction of sp³-hybridized carbons (Fsp3) is 0.267. The monoisotopic (exact) mass is 530 g/mol. The lowest BCUT2D eigenvalue weighted by Gasteiger charge is -2.13. The summed E-state index contributed by atoms with van der Waals surface area (Å²) in [6.07, 6.45) is 1.88. The van der Waals surface area contributed by atoms with Gasteiger partial charge in [0.25, 0.3) is 5.91 Å². The van der Waals surface area contributed by atoms with Crippen LogP contribution >= 0.6 is 11.8 Å². The summed E-state index contributed by atoms with van der Waals surface area (Å²) in [6.45, 7) is 9.59. The maximum atomic E-state index is 13.2. The maximum absolute atomic E-state index is 13.2. The van der Waals surface area contributed by atoms with E-state index < -0.39 is 0 Å². The van der Waals surface area contributed by atoms with Crippen LogP contribution in [0.15, 0.2) is 64.5 Å². The van der Waals surface area contributed by atoms with Gasteiger partial charge >= 0.3 is 0 Å². The summed E-state index contributed by atoms with van der Waals surface area (Å²) in [5.74, 6) is 2.66. The van der Waals surface area contributed by atoms with Crippen LogP contribution < -0.4 is 18.9 Å². The van der Waals surface area contributed by atoms with Crippen molar-refractivity contribution in [2.24, 2.45) is 4.99 Å². The van der Waals surface area contributed by atoms with Crippen LogP contribution in [0.4, 0.5) is 5.69 Å². The molecule has 1 saturated heterocycles. The average Bonchev–Trinajstić information content (AvgIpc) is 3.49. The molecule has 2 aliphatic heterocycles. The van der Waals surface area contributed by atoms with Gasteiger partial charge in [-0.25, -0.2) is 4.99 Å². The molecule has 0 aromatic heterocycles. The Kier molecular flexibility index (Phi) is 7.60. The van der Waals surface area contributed by atoms with Crippen LogP contribution in [0.3, 0.4) is 0 Å². The first-order valence-electron chi connectivity index (χ1n) is 12.6. The lowest BCUT2D eigenvalue weighted by atomic mass is 10.1. The Morgan fingerprint density at radius 2 is 1.76 bits per heavy atom. The summed E-state index contributed by atoms with van der Waals surface area (Å²) in [7, 11) is 0. The number of fused-ring (bicyclic) bond motifs is 1. The van der Waals surface area contributed by atoms with Crippen molar-refractivity contribution < 1.29 is 23.7 Å². The van der Waals surface area contributed by atoms with E-state index in [2.05, 4.69) is 0 Å². The number of aryl methyl sites for hydroxylation is 2. The van der Waals surface area contributed by atoms with E-state index in [9.17, 15) is 4.79 Å². The van der Waals surface area contributed by atoms with E-state index in [0.29, 0.717) is 41.3 Å². The van der Waals surface area contributed by atoms with Gasteiger partial charge in [0, 0.05) is 6.54 Å². The first-order chi connectivity index (χ1) is 18.5. The molecule has 0 N–H and O–H groups in total. The van der Waals surface area contributed by atoms with E-state index in [1.54, 1.807) is 4.90 Å². The summed E-state index contributed by atoms with van der Waals surface area (Å²) in [5.41, 5.74) is 4.88. The topological polar surface area (TPSA) is 69.6 Å². The van der Waals surface area contributed by atoms with E-state index in [1.165, 1.54) is 11.8 Å². The van der Waals surface area contributed by atoms with E-state index in [0.717, 1.165) is 39.4 Å². The summed E-state index contributed by atoms with van der Waals surface area (Å²) in [4.78, 5) is 20.4. The van der Waals surface area contributed by atoms with Crippen molar-refractivity contribution in [2.75, 3.05) is 19.9 Å². The van der Waals surface area contributed by atoms with Crippen molar-refractivity contribution in [3.05, 3.63) is 81.8 Å². The van der Waals surface area contributed by atoms with Crippen molar-refractivity contribution in [3.63, 3.8) is 0 Å². The summed E-state index contributed by atoms with van der Waals surface area (Å²) in [5, 5.41) is 0.690. The van der Waals surface area contributed by atoms with E-state index >= 15 is 0 Å². The van der Waals surface area contributed by atoms with Crippen LogP contribution in [0.25, 0.3) is 6.08 Å². The van der Waals surface area contributed by atoms with Crippen molar-refractivity contribution in [3.8, 4) is 23.0 Å². The highest BCUT2D eigenvalue weighted by Crippen LogP contribution is 2.37. The number of carbonyl (C=O) groups excluding carboxylic acids is 1.